The number of esters is 4. The number of hydrogen-bond donors (Lipinski definition) is 0. The molecule has 0 atom stereocenters. The van der Waals surface area contributed by atoms with Crippen molar-refractivity contribution >= 4 is 67.9 Å². The van der Waals surface area contributed by atoms with Crippen LogP contribution in [0.15, 0.2) is 44.4 Å². The molecular weight excluding hydrogens is 776 g/mol. The van der Waals surface area contributed by atoms with Crippen molar-refractivity contribution in [3.05, 3.63) is 55.5 Å². The van der Waals surface area contributed by atoms with Gasteiger partial charge in [0.05, 0.1) is 39.3 Å². The molecule has 0 amide bonds. The number of carbonyl (C=O) groups is 4. The normalized spacial score (nSPS) is 12.5. The Bertz CT molecular complexity index is 1520. The molecule has 0 spiro atoms. The van der Waals surface area contributed by atoms with E-state index in [0.717, 1.165) is 0 Å². The topological polar surface area (TPSA) is 124 Å². The van der Waals surface area contributed by atoms with Crippen molar-refractivity contribution in [1.82, 2.24) is 0 Å². The maximum atomic E-state index is 12.7. The van der Waals surface area contributed by atoms with Crippen LogP contribution < -0.4 is 9.47 Å². The Labute approximate surface area is 312 Å². The predicted octanol–water partition coefficient (Wildman–Crippen LogP) is 9.03. The van der Waals surface area contributed by atoms with Crippen LogP contribution in [0.2, 0.25) is 0 Å². The first-order valence-electron chi connectivity index (χ1n) is 16.1. The maximum absolute atomic E-state index is 12.7. The molecule has 0 saturated heterocycles. The third-order valence-electron chi connectivity index (χ3n) is 6.28. The third kappa shape index (κ3) is 13.6. The molecule has 0 unspecified atom stereocenters. The molecule has 0 radical (unpaired) electrons. The molecule has 0 fully saturated rings. The predicted molar refractivity (Wildman–Crippen MR) is 200 cm³/mol. The summed E-state index contributed by atoms with van der Waals surface area (Å²) in [7, 11) is 2.49. The molecule has 10 nitrogen and oxygen atoms in total. The highest BCUT2D eigenvalue weighted by Gasteiger charge is 2.25. The second-order valence-electron chi connectivity index (χ2n) is 13.9. The highest BCUT2D eigenvalue weighted by Crippen LogP contribution is 2.44. The van der Waals surface area contributed by atoms with Gasteiger partial charge in [-0.05, 0) is 117 Å². The average Bonchev–Trinajstić information content (AvgIpc) is 2.96. The van der Waals surface area contributed by atoms with Gasteiger partial charge in [-0.25, -0.2) is 9.59 Å². The van der Waals surface area contributed by atoms with Crippen LogP contribution in [0.4, 0.5) is 0 Å². The van der Waals surface area contributed by atoms with E-state index in [1.807, 2.05) is 39.8 Å². The summed E-state index contributed by atoms with van der Waals surface area (Å²) in [6.45, 7) is 18.0. The van der Waals surface area contributed by atoms with Gasteiger partial charge < -0.3 is 28.4 Å². The lowest BCUT2D eigenvalue weighted by atomic mass is 9.97. The van der Waals surface area contributed by atoms with Crippen LogP contribution in [0.25, 0.3) is 23.3 Å². The van der Waals surface area contributed by atoms with Crippen molar-refractivity contribution in [2.24, 2.45) is 0 Å². The van der Waals surface area contributed by atoms with Gasteiger partial charge in [0.1, 0.15) is 22.7 Å². The summed E-state index contributed by atoms with van der Waals surface area (Å²) in [5, 5.41) is 0. The van der Waals surface area contributed by atoms with Crippen LogP contribution in [0.5, 0.6) is 11.5 Å². The lowest BCUT2D eigenvalue weighted by Crippen LogP contribution is -2.25. The van der Waals surface area contributed by atoms with Crippen LogP contribution in [-0.4, -0.2) is 61.5 Å². The van der Waals surface area contributed by atoms with Crippen molar-refractivity contribution in [1.29, 1.82) is 0 Å². The van der Waals surface area contributed by atoms with Crippen LogP contribution in [0.1, 0.15) is 93.2 Å². The molecular formula is C38H48Br2O10. The number of ether oxygens (including phenoxy) is 6. The Kier molecular flexibility index (Phi) is 15.3. The molecule has 0 aromatic heterocycles. The molecule has 2 aromatic rings. The smallest absolute Gasteiger partial charge is 0.334 e. The maximum Gasteiger partial charge on any atom is 0.334 e. The second kappa shape index (κ2) is 18.0. The number of hydrogen-bond acceptors (Lipinski definition) is 10. The first-order valence-corrected chi connectivity index (χ1v) is 17.6. The van der Waals surface area contributed by atoms with E-state index in [9.17, 15) is 19.2 Å². The number of benzene rings is 2. The SMILES string of the molecule is COC(=O)/C(=C/c1cc(OC(C)C)c(-c2cc(Br)c(/C=C(\CC(=O)OC(C)(C)C)C(=O)OC)cc2OC(C)C)cc1Br)CC(=O)OC(C)(C)C. The van der Waals surface area contributed by atoms with Gasteiger partial charge in [-0.15, -0.1) is 0 Å². The summed E-state index contributed by atoms with van der Waals surface area (Å²) in [6, 6.07) is 7.18. The largest absolute Gasteiger partial charge is 0.490 e. The quantitative estimate of drug-likeness (QED) is 0.110. The minimum Gasteiger partial charge on any atom is -0.490 e. The highest BCUT2D eigenvalue weighted by molar-refractivity contribution is 9.10. The molecule has 0 saturated carbocycles. The Morgan fingerprint density at radius 2 is 0.940 bits per heavy atom. The van der Waals surface area contributed by atoms with E-state index in [0.29, 0.717) is 42.7 Å². The Balaban J connectivity index is 2.80. The Morgan fingerprint density at radius 3 is 1.20 bits per heavy atom. The Morgan fingerprint density at radius 1 is 0.620 bits per heavy atom. The average molecular weight is 825 g/mol. The molecule has 0 aliphatic rings. The summed E-state index contributed by atoms with van der Waals surface area (Å²) in [5.41, 5.74) is 1.17. The highest BCUT2D eigenvalue weighted by atomic mass is 79.9. The third-order valence-corrected chi connectivity index (χ3v) is 7.65. The second-order valence-corrected chi connectivity index (χ2v) is 15.6. The fraction of sp³-hybridized carbons (Fsp3) is 0.474. The fourth-order valence-electron chi connectivity index (χ4n) is 4.55. The Hall–Kier alpha value is -3.64. The van der Waals surface area contributed by atoms with E-state index in [4.69, 9.17) is 28.4 Å². The summed E-state index contributed by atoms with van der Waals surface area (Å²) in [6.07, 6.45) is 2.06. The standard InChI is InChI=1S/C38H48Br2O10/c1-21(2)47-31-15-23(13-25(35(43)45-11)17-33(41)49-37(5,6)7)29(39)19-27(31)28-20-30(40)24(16-32(28)48-22(3)4)14-26(36(44)46-12)18-34(42)50-38(8,9)10/h13-16,19-22H,17-18H2,1-12H3/b25-13+,26-14+. The number of halogens is 2. The monoisotopic (exact) mass is 822 g/mol. The summed E-state index contributed by atoms with van der Waals surface area (Å²) in [4.78, 5) is 50.8. The molecule has 50 heavy (non-hydrogen) atoms. The van der Waals surface area contributed by atoms with Gasteiger partial charge in [0.15, 0.2) is 0 Å². The number of carbonyl (C=O) groups excluding carboxylic acids is 4. The van der Waals surface area contributed by atoms with E-state index < -0.39 is 35.1 Å². The lowest BCUT2D eigenvalue weighted by Gasteiger charge is -2.21. The van der Waals surface area contributed by atoms with Gasteiger partial charge >= 0.3 is 23.9 Å². The minimum atomic E-state index is -0.729. The van der Waals surface area contributed by atoms with Crippen LogP contribution in [0.3, 0.4) is 0 Å². The summed E-state index contributed by atoms with van der Waals surface area (Å²) < 4.78 is 34.6. The lowest BCUT2D eigenvalue weighted by molar-refractivity contribution is -0.155. The van der Waals surface area contributed by atoms with Gasteiger partial charge in [0.2, 0.25) is 0 Å². The van der Waals surface area contributed by atoms with E-state index in [1.165, 1.54) is 14.2 Å². The van der Waals surface area contributed by atoms with Gasteiger partial charge in [-0.1, -0.05) is 31.9 Å². The molecule has 0 aliphatic carbocycles. The zero-order valence-corrected chi connectivity index (χ0v) is 34.0. The molecule has 0 aliphatic heterocycles. The molecule has 2 rings (SSSR count). The van der Waals surface area contributed by atoms with Gasteiger partial charge in [0, 0.05) is 31.2 Å². The van der Waals surface area contributed by atoms with Crippen molar-refractivity contribution < 1.29 is 47.6 Å². The van der Waals surface area contributed by atoms with E-state index in [1.54, 1.807) is 65.8 Å². The van der Waals surface area contributed by atoms with Gasteiger partial charge in [-0.3, -0.25) is 9.59 Å². The molecule has 12 heteroatoms. The van der Waals surface area contributed by atoms with Gasteiger partial charge in [0.25, 0.3) is 0 Å². The van der Waals surface area contributed by atoms with E-state index in [-0.39, 0.29) is 36.2 Å². The molecule has 0 heterocycles. The molecule has 0 bridgehead atoms. The van der Waals surface area contributed by atoms with Gasteiger partial charge in [-0.2, -0.15) is 0 Å². The van der Waals surface area contributed by atoms with Crippen molar-refractivity contribution in [2.45, 2.75) is 105 Å². The number of methoxy groups -OCH3 is 2. The zero-order chi connectivity index (χ0) is 38.1. The van der Waals surface area contributed by atoms with Crippen LogP contribution in [-0.2, 0) is 38.1 Å². The van der Waals surface area contributed by atoms with Crippen molar-refractivity contribution in [3.8, 4) is 22.6 Å². The summed E-state index contributed by atoms with van der Waals surface area (Å²) >= 11 is 7.28. The first-order chi connectivity index (χ1) is 23.0. The summed E-state index contributed by atoms with van der Waals surface area (Å²) in [5.74, 6) is -1.54. The van der Waals surface area contributed by atoms with Crippen LogP contribution >= 0.6 is 31.9 Å². The fourth-order valence-corrected chi connectivity index (χ4v) is 5.47. The van der Waals surface area contributed by atoms with E-state index >= 15 is 0 Å². The van der Waals surface area contributed by atoms with Crippen molar-refractivity contribution in [3.63, 3.8) is 0 Å². The minimum absolute atomic E-state index is 0.0983. The van der Waals surface area contributed by atoms with Crippen molar-refractivity contribution in [2.75, 3.05) is 14.2 Å². The molecule has 2 aromatic carbocycles. The van der Waals surface area contributed by atoms with Crippen LogP contribution in [0, 0.1) is 0 Å². The molecule has 0 N–H and O–H groups in total. The molecule has 274 valence electrons. The number of rotatable bonds is 13. The van der Waals surface area contributed by atoms with E-state index in [2.05, 4.69) is 31.9 Å². The zero-order valence-electron chi connectivity index (χ0n) is 30.9. The first kappa shape index (κ1) is 42.5.